The van der Waals surface area contributed by atoms with Crippen LogP contribution in [0.1, 0.15) is 21.7 Å². The molecule has 0 radical (unpaired) electrons. The van der Waals surface area contributed by atoms with Crippen LogP contribution < -0.4 is 0 Å². The maximum absolute atomic E-state index is 12.8. The number of Topliss-reactive ketones (excluding diaryl/α,β-unsaturated/α-hetero) is 1. The minimum Gasteiger partial charge on any atom is -0.322 e. The Balaban J connectivity index is 1.57. The number of para-hydroxylation sites is 2. The fourth-order valence-corrected chi connectivity index (χ4v) is 4.75. The van der Waals surface area contributed by atoms with Crippen molar-refractivity contribution in [3.8, 4) is 5.13 Å². The van der Waals surface area contributed by atoms with E-state index in [2.05, 4.69) is 9.97 Å². The molecule has 0 fully saturated rings. The van der Waals surface area contributed by atoms with Gasteiger partial charge in [0.25, 0.3) is 0 Å². The Labute approximate surface area is 159 Å². The standard InChI is InChI=1S/C19H18N4OS2/c1-12-10-14(13(2)23(12)18-20-8-9-25-18)17(24)11-26-19-21-15-6-4-5-7-16(15)22(19)3/h4-10H,11H2,1-3H3. The lowest BCUT2D eigenvalue weighted by molar-refractivity contribution is 0.102. The van der Waals surface area contributed by atoms with E-state index in [1.54, 1.807) is 17.5 Å². The predicted octanol–water partition coefficient (Wildman–Crippen LogP) is 4.41. The van der Waals surface area contributed by atoms with Crippen molar-refractivity contribution in [1.29, 1.82) is 0 Å². The van der Waals surface area contributed by atoms with Crippen molar-refractivity contribution in [3.05, 3.63) is 58.9 Å². The first-order valence-corrected chi connectivity index (χ1v) is 10.1. The van der Waals surface area contributed by atoms with Crippen LogP contribution in [-0.2, 0) is 7.05 Å². The molecule has 5 nitrogen and oxygen atoms in total. The quantitative estimate of drug-likeness (QED) is 0.379. The first-order valence-electron chi connectivity index (χ1n) is 8.22. The third-order valence-corrected chi connectivity index (χ3v) is 6.21. The molecule has 0 aliphatic carbocycles. The average molecular weight is 383 g/mol. The third-order valence-electron chi connectivity index (χ3n) is 4.42. The summed E-state index contributed by atoms with van der Waals surface area (Å²) >= 11 is 3.04. The highest BCUT2D eigenvalue weighted by atomic mass is 32.2. The van der Waals surface area contributed by atoms with E-state index in [1.165, 1.54) is 11.8 Å². The number of rotatable bonds is 5. The smallest absolute Gasteiger partial charge is 0.193 e. The van der Waals surface area contributed by atoms with Crippen LogP contribution >= 0.6 is 23.1 Å². The van der Waals surface area contributed by atoms with E-state index in [0.717, 1.165) is 38.3 Å². The lowest BCUT2D eigenvalue weighted by Gasteiger charge is -2.05. The lowest BCUT2D eigenvalue weighted by Crippen LogP contribution is -2.06. The number of benzene rings is 1. The van der Waals surface area contributed by atoms with Crippen LogP contribution in [0.4, 0.5) is 0 Å². The maximum atomic E-state index is 12.8. The van der Waals surface area contributed by atoms with Crippen LogP contribution in [0.15, 0.2) is 47.1 Å². The number of imidazole rings is 1. The van der Waals surface area contributed by atoms with Crippen molar-refractivity contribution in [2.75, 3.05) is 5.75 Å². The molecule has 0 unspecified atom stereocenters. The van der Waals surface area contributed by atoms with Crippen molar-refractivity contribution < 1.29 is 4.79 Å². The summed E-state index contributed by atoms with van der Waals surface area (Å²) in [7, 11) is 1.98. The zero-order valence-corrected chi connectivity index (χ0v) is 16.4. The van der Waals surface area contributed by atoms with E-state index < -0.39 is 0 Å². The van der Waals surface area contributed by atoms with E-state index in [0.29, 0.717) is 5.75 Å². The van der Waals surface area contributed by atoms with Crippen LogP contribution in [0.2, 0.25) is 0 Å². The molecule has 26 heavy (non-hydrogen) atoms. The van der Waals surface area contributed by atoms with E-state index >= 15 is 0 Å². The number of hydrogen-bond acceptors (Lipinski definition) is 5. The molecule has 3 aromatic heterocycles. The Morgan fingerprint density at radius 3 is 2.81 bits per heavy atom. The first-order chi connectivity index (χ1) is 12.6. The van der Waals surface area contributed by atoms with Crippen LogP contribution in [-0.4, -0.2) is 30.6 Å². The summed E-state index contributed by atoms with van der Waals surface area (Å²) < 4.78 is 4.07. The molecule has 0 bridgehead atoms. The van der Waals surface area contributed by atoms with Crippen molar-refractivity contribution in [1.82, 2.24) is 19.1 Å². The number of fused-ring (bicyclic) bond motifs is 1. The van der Waals surface area contributed by atoms with Crippen molar-refractivity contribution in [2.24, 2.45) is 7.05 Å². The largest absolute Gasteiger partial charge is 0.322 e. The van der Waals surface area contributed by atoms with Gasteiger partial charge in [0.05, 0.1) is 16.8 Å². The molecule has 0 aliphatic heterocycles. The molecule has 4 rings (SSSR count). The Morgan fingerprint density at radius 1 is 1.27 bits per heavy atom. The van der Waals surface area contributed by atoms with Crippen LogP contribution in [0.25, 0.3) is 16.2 Å². The summed E-state index contributed by atoms with van der Waals surface area (Å²) in [6, 6.07) is 9.95. The summed E-state index contributed by atoms with van der Waals surface area (Å²) in [6.45, 7) is 3.98. The normalized spacial score (nSPS) is 11.3. The van der Waals surface area contributed by atoms with Crippen LogP contribution in [0, 0.1) is 13.8 Å². The average Bonchev–Trinajstić information content (AvgIpc) is 3.33. The maximum Gasteiger partial charge on any atom is 0.193 e. The Kier molecular flexibility index (Phi) is 4.42. The van der Waals surface area contributed by atoms with Gasteiger partial charge >= 0.3 is 0 Å². The van der Waals surface area contributed by atoms with Gasteiger partial charge in [0.2, 0.25) is 0 Å². The number of hydrogen-bond donors (Lipinski definition) is 0. The topological polar surface area (TPSA) is 52.7 Å². The highest BCUT2D eigenvalue weighted by molar-refractivity contribution is 7.99. The second kappa shape index (κ2) is 6.74. The number of carbonyl (C=O) groups excluding carboxylic acids is 1. The molecule has 7 heteroatoms. The molecule has 1 aromatic carbocycles. The number of thioether (sulfide) groups is 1. The number of aromatic nitrogens is 4. The summed E-state index contributed by atoms with van der Waals surface area (Å²) in [6.07, 6.45) is 1.78. The van der Waals surface area contributed by atoms with Crippen LogP contribution in [0.5, 0.6) is 0 Å². The Bertz CT molecular complexity index is 1090. The van der Waals surface area contributed by atoms with Gasteiger partial charge in [-0.3, -0.25) is 9.36 Å². The molecular weight excluding hydrogens is 364 g/mol. The zero-order chi connectivity index (χ0) is 18.3. The summed E-state index contributed by atoms with van der Waals surface area (Å²) in [5.74, 6) is 0.470. The van der Waals surface area contributed by atoms with Crippen LogP contribution in [0.3, 0.4) is 0 Å². The van der Waals surface area contributed by atoms with E-state index in [4.69, 9.17) is 0 Å². The van der Waals surface area contributed by atoms with Gasteiger partial charge in [0, 0.05) is 35.6 Å². The highest BCUT2D eigenvalue weighted by Gasteiger charge is 2.19. The lowest BCUT2D eigenvalue weighted by atomic mass is 10.2. The number of carbonyl (C=O) groups is 1. The fourth-order valence-electron chi connectivity index (χ4n) is 3.13. The molecule has 0 saturated heterocycles. The fraction of sp³-hybridized carbons (Fsp3) is 0.211. The summed E-state index contributed by atoms with van der Waals surface area (Å²) in [5.41, 5.74) is 4.74. The molecule has 132 valence electrons. The minimum atomic E-state index is 0.109. The number of thiazole rings is 1. The van der Waals surface area contributed by atoms with Gasteiger partial charge in [-0.05, 0) is 32.0 Å². The second-order valence-electron chi connectivity index (χ2n) is 6.09. The number of ketones is 1. The van der Waals surface area contributed by atoms with Gasteiger partial charge in [-0.25, -0.2) is 9.97 Å². The van der Waals surface area contributed by atoms with Gasteiger partial charge in [0.1, 0.15) is 0 Å². The molecule has 3 heterocycles. The third kappa shape index (κ3) is 2.87. The number of aryl methyl sites for hydroxylation is 2. The van der Waals surface area contributed by atoms with Crippen molar-refractivity contribution >= 4 is 39.9 Å². The molecule has 0 aliphatic rings. The SMILES string of the molecule is Cc1cc(C(=O)CSc2nc3ccccc3n2C)c(C)n1-c1nccs1. The monoisotopic (exact) mass is 382 g/mol. The van der Waals surface area contributed by atoms with Crippen molar-refractivity contribution in [2.45, 2.75) is 19.0 Å². The molecule has 0 amide bonds. The van der Waals surface area contributed by atoms with Gasteiger partial charge < -0.3 is 4.57 Å². The molecular formula is C19H18N4OS2. The second-order valence-corrected chi connectivity index (χ2v) is 7.90. The molecule has 4 aromatic rings. The van der Waals surface area contributed by atoms with Crippen molar-refractivity contribution in [3.63, 3.8) is 0 Å². The molecule has 0 N–H and O–H groups in total. The summed E-state index contributed by atoms with van der Waals surface area (Å²) in [5, 5.41) is 3.69. The van der Waals surface area contributed by atoms with Gasteiger partial charge in [0.15, 0.2) is 16.1 Å². The minimum absolute atomic E-state index is 0.109. The zero-order valence-electron chi connectivity index (χ0n) is 14.8. The summed E-state index contributed by atoms with van der Waals surface area (Å²) in [4.78, 5) is 21.8. The van der Waals surface area contributed by atoms with E-state index in [1.807, 2.05) is 65.7 Å². The number of nitrogens with zero attached hydrogens (tertiary/aromatic N) is 4. The Morgan fingerprint density at radius 2 is 2.08 bits per heavy atom. The van der Waals surface area contributed by atoms with E-state index in [9.17, 15) is 4.79 Å². The molecule has 0 spiro atoms. The van der Waals surface area contributed by atoms with E-state index in [-0.39, 0.29) is 5.78 Å². The predicted molar refractivity (Wildman–Crippen MR) is 107 cm³/mol. The first kappa shape index (κ1) is 17.1. The molecule has 0 atom stereocenters. The van der Waals surface area contributed by atoms with Gasteiger partial charge in [-0.15, -0.1) is 11.3 Å². The Hall–Kier alpha value is -2.38. The van der Waals surface area contributed by atoms with Gasteiger partial charge in [-0.1, -0.05) is 23.9 Å². The highest BCUT2D eigenvalue weighted by Crippen LogP contribution is 2.26. The molecule has 0 saturated carbocycles. The van der Waals surface area contributed by atoms with Gasteiger partial charge in [-0.2, -0.15) is 0 Å².